The molecule has 1 N–H and O–H groups in total. The van der Waals surface area contributed by atoms with E-state index in [1.165, 1.54) is 7.11 Å². The van der Waals surface area contributed by atoms with Gasteiger partial charge in [-0.15, -0.1) is 0 Å². The lowest BCUT2D eigenvalue weighted by atomic mass is 9.99. The van der Waals surface area contributed by atoms with Gasteiger partial charge in [-0.1, -0.05) is 0 Å². The standard InChI is InChI=1S/C11H18O5/c1-11(2)15-5-8(16-11)6-4-7(12)10(14-3)9(6)13/h6,8-10,13H,4-5H2,1-3H3/t6-,8+,9+,10-/m1/s1. The number of carbonyl (C=O) groups excluding carboxylic acids is 1. The summed E-state index contributed by atoms with van der Waals surface area (Å²) >= 11 is 0. The first kappa shape index (κ1) is 12.0. The number of aliphatic hydroxyl groups excluding tert-OH is 1. The maximum atomic E-state index is 11.6. The largest absolute Gasteiger partial charge is 0.390 e. The van der Waals surface area contributed by atoms with E-state index in [9.17, 15) is 9.90 Å². The van der Waals surface area contributed by atoms with Crippen LogP contribution in [0.1, 0.15) is 20.3 Å². The Hall–Kier alpha value is -0.490. The number of carbonyl (C=O) groups is 1. The van der Waals surface area contributed by atoms with Crippen molar-refractivity contribution in [1.82, 2.24) is 0 Å². The molecule has 2 fully saturated rings. The lowest BCUT2D eigenvalue weighted by molar-refractivity contribution is -0.150. The van der Waals surface area contributed by atoms with E-state index in [0.717, 1.165) is 0 Å². The van der Waals surface area contributed by atoms with E-state index in [4.69, 9.17) is 14.2 Å². The molecule has 0 radical (unpaired) electrons. The minimum Gasteiger partial charge on any atom is -0.390 e. The molecule has 2 aliphatic rings. The molecule has 0 aromatic carbocycles. The lowest BCUT2D eigenvalue weighted by Gasteiger charge is -2.23. The van der Waals surface area contributed by atoms with Gasteiger partial charge in [0, 0.05) is 19.4 Å². The molecule has 1 heterocycles. The van der Waals surface area contributed by atoms with Crippen molar-refractivity contribution in [3.05, 3.63) is 0 Å². The van der Waals surface area contributed by atoms with E-state index in [1.54, 1.807) is 0 Å². The van der Waals surface area contributed by atoms with Gasteiger partial charge < -0.3 is 19.3 Å². The Labute approximate surface area is 94.7 Å². The summed E-state index contributed by atoms with van der Waals surface area (Å²) < 4.78 is 16.1. The van der Waals surface area contributed by atoms with E-state index >= 15 is 0 Å². The number of ether oxygens (including phenoxy) is 3. The van der Waals surface area contributed by atoms with Crippen LogP contribution < -0.4 is 0 Å². The van der Waals surface area contributed by atoms with Crippen molar-refractivity contribution in [1.29, 1.82) is 0 Å². The van der Waals surface area contributed by atoms with Crippen LogP contribution in [0.3, 0.4) is 0 Å². The van der Waals surface area contributed by atoms with Crippen LogP contribution in [-0.2, 0) is 19.0 Å². The third-order valence-corrected chi connectivity index (χ3v) is 3.26. The summed E-state index contributed by atoms with van der Waals surface area (Å²) in [6.45, 7) is 4.06. The van der Waals surface area contributed by atoms with Crippen molar-refractivity contribution >= 4 is 5.78 Å². The Morgan fingerprint density at radius 2 is 2.19 bits per heavy atom. The second kappa shape index (κ2) is 4.07. The van der Waals surface area contributed by atoms with Crippen LogP contribution in [0.25, 0.3) is 0 Å². The molecule has 0 aromatic rings. The molecule has 0 unspecified atom stereocenters. The van der Waals surface area contributed by atoms with E-state index < -0.39 is 18.0 Å². The normalized spacial score (nSPS) is 42.9. The third-order valence-electron chi connectivity index (χ3n) is 3.26. The molecular weight excluding hydrogens is 212 g/mol. The zero-order valence-corrected chi connectivity index (χ0v) is 9.80. The predicted octanol–water partition coefficient (Wildman–Crippen LogP) is 0.103. The van der Waals surface area contributed by atoms with Gasteiger partial charge in [-0.3, -0.25) is 4.79 Å². The number of hydrogen-bond acceptors (Lipinski definition) is 5. The van der Waals surface area contributed by atoms with Crippen LogP contribution >= 0.6 is 0 Å². The Morgan fingerprint density at radius 1 is 1.50 bits per heavy atom. The summed E-state index contributed by atoms with van der Waals surface area (Å²) in [6, 6.07) is 0. The Balaban J connectivity index is 2.04. The lowest BCUT2D eigenvalue weighted by Crippen LogP contribution is -2.36. The van der Waals surface area contributed by atoms with Crippen molar-refractivity contribution in [2.75, 3.05) is 13.7 Å². The monoisotopic (exact) mass is 230 g/mol. The van der Waals surface area contributed by atoms with Crippen LogP contribution in [0.4, 0.5) is 0 Å². The van der Waals surface area contributed by atoms with Gasteiger partial charge in [0.15, 0.2) is 11.6 Å². The first-order chi connectivity index (χ1) is 7.44. The minimum absolute atomic E-state index is 0.0618. The maximum absolute atomic E-state index is 11.6. The smallest absolute Gasteiger partial charge is 0.164 e. The van der Waals surface area contributed by atoms with Crippen LogP contribution in [0.15, 0.2) is 0 Å². The highest BCUT2D eigenvalue weighted by Crippen LogP contribution is 2.35. The van der Waals surface area contributed by atoms with Gasteiger partial charge in [0.1, 0.15) is 6.10 Å². The molecular formula is C11H18O5. The van der Waals surface area contributed by atoms with Gasteiger partial charge in [0.2, 0.25) is 0 Å². The van der Waals surface area contributed by atoms with Gasteiger partial charge in [0.05, 0.1) is 18.8 Å². The fourth-order valence-corrected chi connectivity index (χ4v) is 2.43. The summed E-state index contributed by atoms with van der Waals surface area (Å²) in [5.74, 6) is -0.911. The molecule has 0 bridgehead atoms. The Kier molecular flexibility index (Phi) is 3.05. The minimum atomic E-state index is -0.792. The van der Waals surface area contributed by atoms with Crippen molar-refractivity contribution in [3.63, 3.8) is 0 Å². The summed E-state index contributed by atoms with van der Waals surface area (Å²) in [6.07, 6.45) is -1.43. The zero-order chi connectivity index (χ0) is 11.9. The van der Waals surface area contributed by atoms with Crippen molar-refractivity contribution in [2.24, 2.45) is 5.92 Å². The molecule has 1 aliphatic heterocycles. The highest BCUT2D eigenvalue weighted by Gasteiger charge is 2.49. The fraction of sp³-hybridized carbons (Fsp3) is 0.909. The van der Waals surface area contributed by atoms with Crippen molar-refractivity contribution < 1.29 is 24.1 Å². The molecule has 1 aliphatic carbocycles. The highest BCUT2D eigenvalue weighted by molar-refractivity contribution is 5.86. The quantitative estimate of drug-likeness (QED) is 0.729. The first-order valence-corrected chi connectivity index (χ1v) is 5.50. The Morgan fingerprint density at radius 3 is 2.62 bits per heavy atom. The van der Waals surface area contributed by atoms with E-state index in [1.807, 2.05) is 13.8 Å². The molecule has 4 atom stereocenters. The van der Waals surface area contributed by atoms with Gasteiger partial charge in [-0.2, -0.15) is 0 Å². The summed E-state index contributed by atoms with van der Waals surface area (Å²) in [5.41, 5.74) is 0. The van der Waals surface area contributed by atoms with Crippen LogP contribution in [0.5, 0.6) is 0 Å². The van der Waals surface area contributed by atoms with Crippen molar-refractivity contribution in [3.8, 4) is 0 Å². The summed E-state index contributed by atoms with van der Waals surface area (Å²) in [7, 11) is 1.43. The molecule has 0 amide bonds. The van der Waals surface area contributed by atoms with Crippen molar-refractivity contribution in [2.45, 2.75) is 44.4 Å². The third kappa shape index (κ3) is 2.00. The summed E-state index contributed by atoms with van der Waals surface area (Å²) in [4.78, 5) is 11.6. The number of methoxy groups -OCH3 is 1. The SMILES string of the molecule is CO[C@@H]1C(=O)C[C@H]([C@@H]2COC(C)(C)O2)[C@@H]1O. The van der Waals surface area contributed by atoms with E-state index in [-0.39, 0.29) is 17.8 Å². The number of ketones is 1. The molecule has 92 valence electrons. The van der Waals surface area contributed by atoms with Crippen LogP contribution in [-0.4, -0.2) is 48.7 Å². The molecule has 0 aromatic heterocycles. The molecule has 0 spiro atoms. The maximum Gasteiger partial charge on any atom is 0.164 e. The molecule has 5 heteroatoms. The number of aliphatic hydroxyl groups is 1. The molecule has 16 heavy (non-hydrogen) atoms. The summed E-state index contributed by atoms with van der Waals surface area (Å²) in [5, 5.41) is 9.97. The second-order valence-electron chi connectivity index (χ2n) is 4.85. The molecule has 5 nitrogen and oxygen atoms in total. The van der Waals surface area contributed by atoms with Crippen LogP contribution in [0, 0.1) is 5.92 Å². The van der Waals surface area contributed by atoms with Gasteiger partial charge in [0.25, 0.3) is 0 Å². The number of hydrogen-bond donors (Lipinski definition) is 1. The van der Waals surface area contributed by atoms with E-state index in [2.05, 4.69) is 0 Å². The highest BCUT2D eigenvalue weighted by atomic mass is 16.7. The average molecular weight is 230 g/mol. The predicted molar refractivity (Wildman–Crippen MR) is 54.8 cm³/mol. The molecule has 2 rings (SSSR count). The molecule has 1 saturated carbocycles. The topological polar surface area (TPSA) is 65.0 Å². The van der Waals surface area contributed by atoms with Crippen LogP contribution in [0.2, 0.25) is 0 Å². The van der Waals surface area contributed by atoms with Gasteiger partial charge >= 0.3 is 0 Å². The molecule has 1 saturated heterocycles. The number of rotatable bonds is 2. The van der Waals surface area contributed by atoms with Gasteiger partial charge in [-0.05, 0) is 13.8 Å². The average Bonchev–Trinajstić information content (AvgIpc) is 2.68. The first-order valence-electron chi connectivity index (χ1n) is 5.50. The second-order valence-corrected chi connectivity index (χ2v) is 4.85. The van der Waals surface area contributed by atoms with Gasteiger partial charge in [-0.25, -0.2) is 0 Å². The fourth-order valence-electron chi connectivity index (χ4n) is 2.43. The number of Topliss-reactive ketones (excluding diaryl/α,β-unsaturated/α-hetero) is 1. The van der Waals surface area contributed by atoms with E-state index in [0.29, 0.717) is 13.0 Å². The Bertz CT molecular complexity index is 288. The zero-order valence-electron chi connectivity index (χ0n) is 9.80.